The van der Waals surface area contributed by atoms with E-state index in [4.69, 9.17) is 0 Å². The van der Waals surface area contributed by atoms with Crippen LogP contribution in [-0.4, -0.2) is 22.9 Å². The van der Waals surface area contributed by atoms with E-state index in [1.807, 2.05) is 0 Å². The number of aliphatic hydroxyl groups excluding tert-OH is 2. The molecule has 4 rings (SSSR count). The monoisotopic (exact) mass is 390 g/mol. The van der Waals surface area contributed by atoms with E-state index in [1.54, 1.807) is 0 Å². The van der Waals surface area contributed by atoms with Crippen LogP contribution in [0.25, 0.3) is 0 Å². The van der Waals surface area contributed by atoms with Crippen molar-refractivity contribution in [3.63, 3.8) is 0 Å². The summed E-state index contributed by atoms with van der Waals surface area (Å²) in [4.78, 5) is 0. The van der Waals surface area contributed by atoms with E-state index in [9.17, 15) is 10.2 Å². The first-order valence-electron chi connectivity index (χ1n) is 12.6. The summed E-state index contributed by atoms with van der Waals surface area (Å²) in [5.41, 5.74) is 0.827. The van der Waals surface area contributed by atoms with Crippen LogP contribution in [-0.2, 0) is 0 Å². The second-order valence-corrected chi connectivity index (χ2v) is 12.1. The Bertz CT molecular complexity index is 561. The van der Waals surface area contributed by atoms with Gasteiger partial charge in [0.2, 0.25) is 0 Å². The lowest BCUT2D eigenvalue weighted by Gasteiger charge is -2.65. The van der Waals surface area contributed by atoms with Crippen LogP contribution in [0.2, 0.25) is 0 Å². The molecule has 2 heteroatoms. The largest absolute Gasteiger partial charge is 0.396 e. The summed E-state index contributed by atoms with van der Waals surface area (Å²) in [5.74, 6) is 5.35. The van der Waals surface area contributed by atoms with Crippen molar-refractivity contribution in [2.75, 3.05) is 6.61 Å². The minimum Gasteiger partial charge on any atom is -0.396 e. The highest BCUT2D eigenvalue weighted by Gasteiger charge is 2.64. The molecule has 3 unspecified atom stereocenters. The van der Waals surface area contributed by atoms with E-state index in [-0.39, 0.29) is 6.10 Å². The average Bonchev–Trinajstić information content (AvgIpc) is 3.01. The Morgan fingerprint density at radius 3 is 2.32 bits per heavy atom. The van der Waals surface area contributed by atoms with E-state index < -0.39 is 0 Å². The van der Waals surface area contributed by atoms with Crippen molar-refractivity contribution in [1.29, 1.82) is 0 Å². The molecule has 0 bridgehead atoms. The maximum Gasteiger partial charge on any atom is 0.0605 e. The molecule has 0 aromatic rings. The molecule has 4 aliphatic carbocycles. The molecule has 0 heterocycles. The Morgan fingerprint density at radius 1 is 0.964 bits per heavy atom. The maximum absolute atomic E-state index is 11.8. The van der Waals surface area contributed by atoms with Crippen LogP contribution in [0.3, 0.4) is 0 Å². The Balaban J connectivity index is 1.67. The van der Waals surface area contributed by atoms with Crippen LogP contribution in [0.15, 0.2) is 0 Å². The van der Waals surface area contributed by atoms with Crippen LogP contribution in [0, 0.1) is 58.2 Å². The smallest absolute Gasteiger partial charge is 0.0605 e. The zero-order valence-electron chi connectivity index (χ0n) is 19.2. The predicted molar refractivity (Wildman–Crippen MR) is 116 cm³/mol. The van der Waals surface area contributed by atoms with Gasteiger partial charge in [-0.2, -0.15) is 0 Å². The lowest BCUT2D eigenvalue weighted by Crippen LogP contribution is -2.61. The van der Waals surface area contributed by atoms with Crippen molar-refractivity contribution in [2.24, 2.45) is 58.2 Å². The van der Waals surface area contributed by atoms with Gasteiger partial charge in [-0.1, -0.05) is 47.5 Å². The molecular formula is C26H46O2. The molecule has 2 nitrogen and oxygen atoms in total. The lowest BCUT2D eigenvalue weighted by molar-refractivity contribution is -0.198. The molecule has 11 atom stereocenters. The zero-order chi connectivity index (χ0) is 20.3. The quantitative estimate of drug-likeness (QED) is 0.627. The minimum atomic E-state index is -0.0881. The standard InChI is InChI=1S/C26H46O2/c1-6-18-22-15-16(2)9-12-26(22,5)21-10-13-25(4)19(17(3)11-14-27)7-8-20(25)23(21)24(18)28/h16-24,27-28H,6-15H2,1-5H3/t16-,17-,18-,19-,20?,21?,22+,23?,24-,25-,26-/m1/s1. The summed E-state index contributed by atoms with van der Waals surface area (Å²) < 4.78 is 0. The van der Waals surface area contributed by atoms with Gasteiger partial charge in [-0.05, 0) is 103 Å². The van der Waals surface area contributed by atoms with Gasteiger partial charge in [0.25, 0.3) is 0 Å². The molecule has 4 fully saturated rings. The van der Waals surface area contributed by atoms with Crippen LogP contribution in [0.5, 0.6) is 0 Å². The molecule has 28 heavy (non-hydrogen) atoms. The molecular weight excluding hydrogens is 344 g/mol. The van der Waals surface area contributed by atoms with Crippen molar-refractivity contribution < 1.29 is 10.2 Å². The number of hydrogen-bond donors (Lipinski definition) is 2. The molecule has 2 N–H and O–H groups in total. The second kappa shape index (κ2) is 7.56. The first-order valence-corrected chi connectivity index (χ1v) is 12.6. The SMILES string of the molecule is CC[C@H]1[C@@H](O)C2C3CC[C@H]([C@H](C)CCO)[C@@]3(C)CCC2[C@@]2(C)CC[C@@H](C)C[C@@H]12. The Hall–Kier alpha value is -0.0800. The fraction of sp³-hybridized carbons (Fsp3) is 1.00. The van der Waals surface area contributed by atoms with Crippen molar-refractivity contribution in [3.05, 3.63) is 0 Å². The highest BCUT2D eigenvalue weighted by molar-refractivity contribution is 5.13. The number of rotatable bonds is 4. The normalized spacial score (nSPS) is 54.5. The van der Waals surface area contributed by atoms with Gasteiger partial charge in [0.05, 0.1) is 6.10 Å². The molecule has 0 aliphatic heterocycles. The molecule has 0 amide bonds. The molecule has 0 radical (unpaired) electrons. The van der Waals surface area contributed by atoms with Crippen molar-refractivity contribution >= 4 is 0 Å². The van der Waals surface area contributed by atoms with Crippen LogP contribution < -0.4 is 0 Å². The molecule has 0 spiro atoms. The average molecular weight is 391 g/mol. The third-order valence-electron chi connectivity index (χ3n) is 11.0. The van der Waals surface area contributed by atoms with E-state index in [0.29, 0.717) is 41.1 Å². The molecule has 4 saturated carbocycles. The van der Waals surface area contributed by atoms with Gasteiger partial charge >= 0.3 is 0 Å². The third-order valence-corrected chi connectivity index (χ3v) is 11.0. The summed E-state index contributed by atoms with van der Waals surface area (Å²) in [6.07, 6.45) is 11.4. The van der Waals surface area contributed by atoms with Crippen LogP contribution >= 0.6 is 0 Å². The van der Waals surface area contributed by atoms with Crippen molar-refractivity contribution in [3.8, 4) is 0 Å². The zero-order valence-corrected chi connectivity index (χ0v) is 19.2. The van der Waals surface area contributed by atoms with Gasteiger partial charge in [0.15, 0.2) is 0 Å². The highest BCUT2D eigenvalue weighted by Crippen LogP contribution is 2.69. The summed E-state index contributed by atoms with van der Waals surface area (Å²) in [5, 5.41) is 21.3. The second-order valence-electron chi connectivity index (χ2n) is 12.1. The highest BCUT2D eigenvalue weighted by atomic mass is 16.3. The Kier molecular flexibility index (Phi) is 5.71. The van der Waals surface area contributed by atoms with Gasteiger partial charge in [-0.3, -0.25) is 0 Å². The summed E-state index contributed by atoms with van der Waals surface area (Å²) in [6, 6.07) is 0. The molecule has 162 valence electrons. The van der Waals surface area contributed by atoms with Crippen LogP contribution in [0.1, 0.15) is 92.4 Å². The predicted octanol–water partition coefficient (Wildman–Crippen LogP) is 5.91. The molecule has 4 aliphatic rings. The molecule has 0 saturated heterocycles. The van der Waals surface area contributed by atoms with E-state index in [2.05, 4.69) is 34.6 Å². The van der Waals surface area contributed by atoms with Gasteiger partial charge in [-0.15, -0.1) is 0 Å². The molecule has 0 aromatic heterocycles. The fourth-order valence-electron chi connectivity index (χ4n) is 9.56. The summed E-state index contributed by atoms with van der Waals surface area (Å²) >= 11 is 0. The Labute approximate surface area is 173 Å². The van der Waals surface area contributed by atoms with Gasteiger partial charge in [0, 0.05) is 6.61 Å². The topological polar surface area (TPSA) is 40.5 Å². The summed E-state index contributed by atoms with van der Waals surface area (Å²) in [7, 11) is 0. The summed E-state index contributed by atoms with van der Waals surface area (Å²) in [6.45, 7) is 12.6. The third kappa shape index (κ3) is 2.95. The first kappa shape index (κ1) is 21.2. The maximum atomic E-state index is 11.8. The van der Waals surface area contributed by atoms with Gasteiger partial charge in [0.1, 0.15) is 0 Å². The van der Waals surface area contributed by atoms with Crippen molar-refractivity contribution in [1.82, 2.24) is 0 Å². The van der Waals surface area contributed by atoms with E-state index in [1.165, 1.54) is 44.9 Å². The lowest BCUT2D eigenvalue weighted by atomic mass is 9.41. The Morgan fingerprint density at radius 2 is 1.64 bits per heavy atom. The number of fused-ring (bicyclic) bond motifs is 5. The number of hydrogen-bond acceptors (Lipinski definition) is 2. The number of aliphatic hydroxyl groups is 2. The molecule has 0 aromatic carbocycles. The van der Waals surface area contributed by atoms with Crippen LogP contribution in [0.4, 0.5) is 0 Å². The minimum absolute atomic E-state index is 0.0881. The van der Waals surface area contributed by atoms with Gasteiger partial charge in [-0.25, -0.2) is 0 Å². The fourth-order valence-corrected chi connectivity index (χ4v) is 9.56. The van der Waals surface area contributed by atoms with E-state index in [0.717, 1.165) is 36.5 Å². The van der Waals surface area contributed by atoms with E-state index >= 15 is 0 Å². The first-order chi connectivity index (χ1) is 13.3. The van der Waals surface area contributed by atoms with Crippen molar-refractivity contribution in [2.45, 2.75) is 98.5 Å². The van der Waals surface area contributed by atoms with Gasteiger partial charge < -0.3 is 10.2 Å².